The molecule has 1 aliphatic rings. The van der Waals surface area contributed by atoms with E-state index in [1.807, 2.05) is 11.9 Å². The van der Waals surface area contributed by atoms with E-state index in [1.165, 1.54) is 0 Å². The van der Waals surface area contributed by atoms with E-state index in [0.29, 0.717) is 12.3 Å². The fourth-order valence-corrected chi connectivity index (χ4v) is 1.50. The SMILES string of the molecule is CN1CC(=O)C(NC(C)(C)C)C1. The molecule has 1 N–H and O–H groups in total. The van der Waals surface area contributed by atoms with Crippen LogP contribution in [-0.4, -0.2) is 42.4 Å². The van der Waals surface area contributed by atoms with Gasteiger partial charge in [0.15, 0.2) is 5.78 Å². The van der Waals surface area contributed by atoms with Crippen LogP contribution in [0.4, 0.5) is 0 Å². The van der Waals surface area contributed by atoms with Crippen molar-refractivity contribution in [3.8, 4) is 0 Å². The number of nitrogens with one attached hydrogen (secondary N) is 1. The van der Waals surface area contributed by atoms with Gasteiger partial charge < -0.3 is 5.32 Å². The Kier molecular flexibility index (Phi) is 2.54. The van der Waals surface area contributed by atoms with E-state index in [1.54, 1.807) is 0 Å². The van der Waals surface area contributed by atoms with Crippen molar-refractivity contribution in [1.29, 1.82) is 0 Å². The molecule has 1 aliphatic heterocycles. The van der Waals surface area contributed by atoms with Gasteiger partial charge in [-0.3, -0.25) is 9.69 Å². The molecule has 0 saturated carbocycles. The number of ketones is 1. The summed E-state index contributed by atoms with van der Waals surface area (Å²) in [5.41, 5.74) is 0.0332. The minimum absolute atomic E-state index is 0.0332. The fourth-order valence-electron chi connectivity index (χ4n) is 1.50. The molecule has 12 heavy (non-hydrogen) atoms. The van der Waals surface area contributed by atoms with Crippen molar-refractivity contribution in [2.75, 3.05) is 20.1 Å². The lowest BCUT2D eigenvalue weighted by atomic mass is 10.1. The minimum Gasteiger partial charge on any atom is -0.302 e. The number of carbonyl (C=O) groups is 1. The Morgan fingerprint density at radius 1 is 1.50 bits per heavy atom. The van der Waals surface area contributed by atoms with Crippen LogP contribution >= 0.6 is 0 Å². The third kappa shape index (κ3) is 2.57. The highest BCUT2D eigenvalue weighted by Gasteiger charge is 2.30. The summed E-state index contributed by atoms with van der Waals surface area (Å²) in [7, 11) is 1.97. The second kappa shape index (κ2) is 3.15. The monoisotopic (exact) mass is 170 g/mol. The summed E-state index contributed by atoms with van der Waals surface area (Å²) in [5.74, 6) is 0.312. The highest BCUT2D eigenvalue weighted by Crippen LogP contribution is 2.08. The van der Waals surface area contributed by atoms with Crippen LogP contribution in [0.3, 0.4) is 0 Å². The second-order valence-corrected chi connectivity index (χ2v) is 4.61. The standard InChI is InChI=1S/C9H18N2O/c1-9(2,3)10-7-5-11(4)6-8(7)12/h7,10H,5-6H2,1-4H3. The molecule has 1 fully saturated rings. The highest BCUT2D eigenvalue weighted by molar-refractivity contribution is 5.88. The molecular weight excluding hydrogens is 152 g/mol. The van der Waals surface area contributed by atoms with Crippen molar-refractivity contribution in [3.63, 3.8) is 0 Å². The molecule has 1 rings (SSSR count). The van der Waals surface area contributed by atoms with Crippen LogP contribution in [0.1, 0.15) is 20.8 Å². The van der Waals surface area contributed by atoms with Gasteiger partial charge in [-0.15, -0.1) is 0 Å². The fraction of sp³-hybridized carbons (Fsp3) is 0.889. The molecule has 0 aromatic carbocycles. The number of Topliss-reactive ketones (excluding diaryl/α,β-unsaturated/α-hetero) is 1. The molecule has 1 heterocycles. The Labute approximate surface area is 74.1 Å². The number of rotatable bonds is 1. The topological polar surface area (TPSA) is 32.3 Å². The maximum Gasteiger partial charge on any atom is 0.164 e. The Morgan fingerprint density at radius 2 is 2.08 bits per heavy atom. The quantitative estimate of drug-likeness (QED) is 0.612. The van der Waals surface area contributed by atoms with E-state index >= 15 is 0 Å². The molecule has 1 atom stereocenters. The number of nitrogens with zero attached hydrogens (tertiary/aromatic N) is 1. The zero-order valence-corrected chi connectivity index (χ0v) is 8.35. The van der Waals surface area contributed by atoms with Gasteiger partial charge in [-0.05, 0) is 27.8 Å². The van der Waals surface area contributed by atoms with Crippen molar-refractivity contribution >= 4 is 5.78 Å². The molecular formula is C9H18N2O. The zero-order valence-electron chi connectivity index (χ0n) is 8.35. The van der Waals surface area contributed by atoms with Gasteiger partial charge in [0.2, 0.25) is 0 Å². The average molecular weight is 170 g/mol. The molecule has 1 saturated heterocycles. The van der Waals surface area contributed by atoms with Gasteiger partial charge in [0.05, 0.1) is 12.6 Å². The second-order valence-electron chi connectivity index (χ2n) is 4.61. The van der Waals surface area contributed by atoms with Crippen LogP contribution in [0, 0.1) is 0 Å². The van der Waals surface area contributed by atoms with Crippen molar-refractivity contribution in [2.45, 2.75) is 32.4 Å². The Hall–Kier alpha value is -0.410. The third-order valence-electron chi connectivity index (χ3n) is 1.92. The molecule has 0 bridgehead atoms. The molecule has 3 heteroatoms. The summed E-state index contributed by atoms with van der Waals surface area (Å²) >= 11 is 0. The maximum absolute atomic E-state index is 11.4. The lowest BCUT2D eigenvalue weighted by Crippen LogP contribution is -2.47. The van der Waals surface area contributed by atoms with E-state index < -0.39 is 0 Å². The van der Waals surface area contributed by atoms with E-state index in [4.69, 9.17) is 0 Å². The normalized spacial score (nSPS) is 26.7. The first-order valence-electron chi connectivity index (χ1n) is 4.37. The zero-order chi connectivity index (χ0) is 9.35. The van der Waals surface area contributed by atoms with Gasteiger partial charge >= 0.3 is 0 Å². The first-order valence-corrected chi connectivity index (χ1v) is 4.37. The minimum atomic E-state index is 0.0332. The van der Waals surface area contributed by atoms with E-state index in [9.17, 15) is 4.79 Å². The highest BCUT2D eigenvalue weighted by atomic mass is 16.1. The van der Waals surface area contributed by atoms with E-state index in [0.717, 1.165) is 6.54 Å². The lowest BCUT2D eigenvalue weighted by molar-refractivity contribution is -0.118. The van der Waals surface area contributed by atoms with Crippen LogP contribution in [-0.2, 0) is 4.79 Å². The summed E-state index contributed by atoms with van der Waals surface area (Å²) in [6.45, 7) is 7.68. The molecule has 1 unspecified atom stereocenters. The van der Waals surface area contributed by atoms with Crippen LogP contribution in [0.5, 0.6) is 0 Å². The summed E-state index contributed by atoms with van der Waals surface area (Å²) < 4.78 is 0. The molecule has 0 amide bonds. The van der Waals surface area contributed by atoms with Gasteiger partial charge in [-0.25, -0.2) is 0 Å². The molecule has 3 nitrogen and oxygen atoms in total. The van der Waals surface area contributed by atoms with Gasteiger partial charge in [-0.2, -0.15) is 0 Å². The number of likely N-dealkylation sites (tertiary alicyclic amines) is 1. The van der Waals surface area contributed by atoms with Crippen LogP contribution in [0.25, 0.3) is 0 Å². The summed E-state index contributed by atoms with van der Waals surface area (Å²) in [6.07, 6.45) is 0. The largest absolute Gasteiger partial charge is 0.302 e. The Bertz CT molecular complexity index is 183. The van der Waals surface area contributed by atoms with Crippen LogP contribution in [0.2, 0.25) is 0 Å². The molecule has 0 aromatic heterocycles. The first-order chi connectivity index (χ1) is 5.38. The molecule has 0 radical (unpaired) electrons. The predicted octanol–water partition coefficient (Wildman–Crippen LogP) is 0.258. The summed E-state index contributed by atoms with van der Waals surface area (Å²) in [5, 5.41) is 3.31. The molecule has 0 spiro atoms. The van der Waals surface area contributed by atoms with Gasteiger partial charge in [-0.1, -0.05) is 0 Å². The molecule has 70 valence electrons. The first kappa shape index (κ1) is 9.68. The van der Waals surface area contributed by atoms with Gasteiger partial charge in [0.25, 0.3) is 0 Å². The average Bonchev–Trinajstić information content (AvgIpc) is 2.06. The van der Waals surface area contributed by atoms with Crippen molar-refractivity contribution in [1.82, 2.24) is 10.2 Å². The van der Waals surface area contributed by atoms with Crippen LogP contribution < -0.4 is 5.32 Å². The maximum atomic E-state index is 11.4. The number of likely N-dealkylation sites (N-methyl/N-ethyl adjacent to an activating group) is 1. The molecule has 0 aliphatic carbocycles. The van der Waals surface area contributed by atoms with E-state index in [-0.39, 0.29) is 11.6 Å². The molecule has 0 aromatic rings. The van der Waals surface area contributed by atoms with Gasteiger partial charge in [0, 0.05) is 12.1 Å². The van der Waals surface area contributed by atoms with Crippen LogP contribution in [0.15, 0.2) is 0 Å². The lowest BCUT2D eigenvalue weighted by Gasteiger charge is -2.24. The summed E-state index contributed by atoms with van der Waals surface area (Å²) in [6, 6.07) is 0.0370. The smallest absolute Gasteiger partial charge is 0.164 e. The number of hydrogen-bond donors (Lipinski definition) is 1. The third-order valence-corrected chi connectivity index (χ3v) is 1.92. The van der Waals surface area contributed by atoms with Crippen molar-refractivity contribution in [3.05, 3.63) is 0 Å². The van der Waals surface area contributed by atoms with Crippen molar-refractivity contribution in [2.24, 2.45) is 0 Å². The number of hydrogen-bond acceptors (Lipinski definition) is 3. The summed E-state index contributed by atoms with van der Waals surface area (Å²) in [4.78, 5) is 13.4. The Morgan fingerprint density at radius 3 is 2.42 bits per heavy atom. The number of carbonyl (C=O) groups excluding carboxylic acids is 1. The van der Waals surface area contributed by atoms with E-state index in [2.05, 4.69) is 26.1 Å². The predicted molar refractivity (Wildman–Crippen MR) is 49.2 cm³/mol. The van der Waals surface area contributed by atoms with Crippen molar-refractivity contribution < 1.29 is 4.79 Å². The Balaban J connectivity index is 2.49. The van der Waals surface area contributed by atoms with Gasteiger partial charge in [0.1, 0.15) is 0 Å².